The first-order chi connectivity index (χ1) is 27.7. The van der Waals surface area contributed by atoms with Gasteiger partial charge in [-0.3, -0.25) is 14.9 Å². The van der Waals surface area contributed by atoms with Crippen molar-refractivity contribution in [2.75, 3.05) is 172 Å². The Bertz CT molecular complexity index is 686. The van der Waals surface area contributed by atoms with Gasteiger partial charge in [0.05, 0.1) is 159 Å². The monoisotopic (exact) mass is 823 g/mol. The van der Waals surface area contributed by atoms with E-state index in [1.807, 2.05) is 41.5 Å². The van der Waals surface area contributed by atoms with Gasteiger partial charge in [-0.2, -0.15) is 0 Å². The van der Waals surface area contributed by atoms with Crippen LogP contribution >= 0.6 is 0 Å². The van der Waals surface area contributed by atoms with Crippen LogP contribution in [-0.2, 0) is 71.2 Å². The topological polar surface area (TPSA) is 220 Å². The molecule has 1 aliphatic rings. The van der Waals surface area contributed by atoms with Gasteiger partial charge < -0.3 is 72.5 Å². The Labute approximate surface area is 338 Å². The molecule has 1 rings (SSSR count). The van der Waals surface area contributed by atoms with E-state index >= 15 is 0 Å². The molecule has 18 heteroatoms. The van der Waals surface area contributed by atoms with Crippen LogP contribution in [0, 0.1) is 0 Å². The quantitative estimate of drug-likeness (QED) is 0.0460. The number of amides is 2. The van der Waals surface area contributed by atoms with Gasteiger partial charge in [0.2, 0.25) is 11.8 Å². The number of aliphatic hydroxyl groups is 1. The van der Waals surface area contributed by atoms with Gasteiger partial charge in [0, 0.05) is 32.9 Å². The standard InChI is InChI=1S/C27H55NO13.C4H5NO2.3C2H6.CH4O/c28-2-5-31-7-9-33-11-13-35-15-17-37-19-21-39-23-25-41-27-26-40-24-22-38-20-18-36-16-14-34-12-10-32-8-6-30-4-1-3-29;6-3-1-2-4(7)5-3;4*1-2/h3H,1-2,4-28H2;1-2H2,(H,5,6,7);3*1-2H3;2H,1H3. The first kappa shape index (κ1) is 63.4. The van der Waals surface area contributed by atoms with E-state index in [1.54, 1.807) is 0 Å². The first-order valence-electron chi connectivity index (χ1n) is 20.0. The molecular formula is C38H82N2O16. The van der Waals surface area contributed by atoms with E-state index in [4.69, 9.17) is 67.7 Å². The minimum Gasteiger partial charge on any atom is -0.400 e. The van der Waals surface area contributed by atoms with Crippen LogP contribution in [0.4, 0.5) is 0 Å². The molecule has 18 nitrogen and oxygen atoms in total. The summed E-state index contributed by atoms with van der Waals surface area (Å²) in [5.41, 5.74) is 5.32. The van der Waals surface area contributed by atoms with Gasteiger partial charge in [0.25, 0.3) is 0 Å². The smallest absolute Gasteiger partial charge is 0.227 e. The third kappa shape index (κ3) is 67.0. The average Bonchev–Trinajstić information content (AvgIpc) is 3.63. The van der Waals surface area contributed by atoms with Gasteiger partial charge in [0.15, 0.2) is 0 Å². The molecule has 0 aromatic rings. The van der Waals surface area contributed by atoms with Crippen LogP contribution in [0.5, 0.6) is 0 Å². The molecule has 1 fully saturated rings. The Kier molecular flexibility index (Phi) is 77.0. The third-order valence-electron chi connectivity index (χ3n) is 5.59. The number of carbonyl (C=O) groups excluding carboxylic acids is 3. The number of ether oxygens (including phenoxy) is 12. The Morgan fingerprint density at radius 3 is 0.732 bits per heavy atom. The molecule has 0 bridgehead atoms. The van der Waals surface area contributed by atoms with Gasteiger partial charge in [0.1, 0.15) is 6.29 Å². The fraction of sp³-hybridized carbons (Fsp3) is 0.921. The zero-order chi connectivity index (χ0) is 42.9. The lowest BCUT2D eigenvalue weighted by Crippen LogP contribution is -2.18. The van der Waals surface area contributed by atoms with Crippen LogP contribution in [0.25, 0.3) is 0 Å². The normalized spacial score (nSPS) is 11.3. The number of hydrogen-bond donors (Lipinski definition) is 3. The summed E-state index contributed by atoms with van der Waals surface area (Å²) in [5.74, 6) is -0.296. The lowest BCUT2D eigenvalue weighted by Gasteiger charge is -2.09. The zero-order valence-electron chi connectivity index (χ0n) is 36.0. The van der Waals surface area contributed by atoms with Crippen molar-refractivity contribution in [3.05, 3.63) is 0 Å². The molecule has 0 saturated carbocycles. The van der Waals surface area contributed by atoms with Crippen molar-refractivity contribution in [1.82, 2.24) is 5.32 Å². The summed E-state index contributed by atoms with van der Waals surface area (Å²) in [5, 5.41) is 9.14. The predicted molar refractivity (Wildman–Crippen MR) is 214 cm³/mol. The van der Waals surface area contributed by atoms with E-state index in [2.05, 4.69) is 5.32 Å². The Balaban J connectivity index is -0.000000490. The Morgan fingerprint density at radius 2 is 0.589 bits per heavy atom. The van der Waals surface area contributed by atoms with Gasteiger partial charge >= 0.3 is 0 Å². The molecule has 340 valence electrons. The highest BCUT2D eigenvalue weighted by atomic mass is 16.6. The lowest BCUT2D eigenvalue weighted by molar-refractivity contribution is -0.124. The van der Waals surface area contributed by atoms with Crippen LogP contribution in [0.2, 0.25) is 0 Å². The molecule has 0 aliphatic carbocycles. The third-order valence-corrected chi connectivity index (χ3v) is 5.59. The molecule has 2 amide bonds. The second-order valence-corrected chi connectivity index (χ2v) is 9.56. The van der Waals surface area contributed by atoms with Gasteiger partial charge in [-0.25, -0.2) is 0 Å². The summed E-state index contributed by atoms with van der Waals surface area (Å²) < 4.78 is 64.6. The first-order valence-corrected chi connectivity index (χ1v) is 20.0. The molecule has 0 unspecified atom stereocenters. The molecule has 1 heterocycles. The van der Waals surface area contributed by atoms with E-state index in [0.717, 1.165) is 13.4 Å². The SMILES string of the molecule is CC.CC.CC.CO.NCCOCCOCCOCCOCCOCCOCCOCCOCCOCCOCCOCCOCCC=O.O=C1CCC(=O)N1. The van der Waals surface area contributed by atoms with Crippen molar-refractivity contribution < 1.29 is 76.3 Å². The number of carbonyl (C=O) groups is 3. The largest absolute Gasteiger partial charge is 0.400 e. The molecule has 4 N–H and O–H groups in total. The molecule has 0 atom stereocenters. The van der Waals surface area contributed by atoms with E-state index in [0.29, 0.717) is 184 Å². The number of rotatable bonds is 38. The van der Waals surface area contributed by atoms with Crippen molar-refractivity contribution in [3.63, 3.8) is 0 Å². The van der Waals surface area contributed by atoms with Crippen LogP contribution in [0.15, 0.2) is 0 Å². The second-order valence-electron chi connectivity index (χ2n) is 9.56. The summed E-state index contributed by atoms with van der Waals surface area (Å²) in [4.78, 5) is 30.4. The molecule has 0 spiro atoms. The zero-order valence-corrected chi connectivity index (χ0v) is 36.0. The van der Waals surface area contributed by atoms with Crippen LogP contribution in [-0.4, -0.2) is 195 Å². The van der Waals surface area contributed by atoms with Crippen molar-refractivity contribution >= 4 is 18.1 Å². The van der Waals surface area contributed by atoms with E-state index in [9.17, 15) is 14.4 Å². The fourth-order valence-corrected chi connectivity index (χ4v) is 3.24. The van der Waals surface area contributed by atoms with Crippen molar-refractivity contribution in [2.45, 2.75) is 60.8 Å². The minimum atomic E-state index is -0.148. The fourth-order valence-electron chi connectivity index (χ4n) is 3.24. The summed E-state index contributed by atoms with van der Waals surface area (Å²) in [6.45, 7) is 24.7. The van der Waals surface area contributed by atoms with Crippen LogP contribution in [0.3, 0.4) is 0 Å². The molecular weight excluding hydrogens is 740 g/mol. The predicted octanol–water partition coefficient (Wildman–Crippen LogP) is 1.84. The van der Waals surface area contributed by atoms with Crippen LogP contribution < -0.4 is 11.1 Å². The lowest BCUT2D eigenvalue weighted by atomic mass is 10.4. The summed E-state index contributed by atoms with van der Waals surface area (Å²) in [6, 6.07) is 0. The molecule has 0 radical (unpaired) electrons. The number of hydrogen-bond acceptors (Lipinski definition) is 17. The maximum absolute atomic E-state index is 10.1. The number of aldehydes is 1. The van der Waals surface area contributed by atoms with E-state index in [1.165, 1.54) is 0 Å². The molecule has 1 saturated heterocycles. The molecule has 0 aromatic carbocycles. The number of nitrogens with one attached hydrogen (secondary N) is 1. The maximum atomic E-state index is 10.1. The highest BCUT2D eigenvalue weighted by Gasteiger charge is 2.15. The van der Waals surface area contributed by atoms with Crippen molar-refractivity contribution in [2.24, 2.45) is 5.73 Å². The highest BCUT2D eigenvalue weighted by molar-refractivity contribution is 6.01. The molecule has 0 aromatic heterocycles. The van der Waals surface area contributed by atoms with Gasteiger partial charge in [-0.15, -0.1) is 0 Å². The Hall–Kier alpha value is -1.75. The van der Waals surface area contributed by atoms with E-state index < -0.39 is 0 Å². The van der Waals surface area contributed by atoms with Gasteiger partial charge in [-0.05, 0) is 0 Å². The number of imide groups is 1. The summed E-state index contributed by atoms with van der Waals surface area (Å²) in [7, 11) is 1.00. The number of nitrogens with two attached hydrogens (primary N) is 1. The maximum Gasteiger partial charge on any atom is 0.227 e. The molecule has 1 aliphatic heterocycles. The summed E-state index contributed by atoms with van der Waals surface area (Å²) in [6.07, 6.45) is 1.99. The van der Waals surface area contributed by atoms with E-state index in [-0.39, 0.29) is 11.8 Å². The molecule has 56 heavy (non-hydrogen) atoms. The Morgan fingerprint density at radius 1 is 0.411 bits per heavy atom. The summed E-state index contributed by atoms with van der Waals surface area (Å²) >= 11 is 0. The highest BCUT2D eigenvalue weighted by Crippen LogP contribution is 1.96. The number of aliphatic hydroxyl groups excluding tert-OH is 1. The minimum absolute atomic E-state index is 0.148. The van der Waals surface area contributed by atoms with Crippen LogP contribution in [0.1, 0.15) is 60.8 Å². The average molecular weight is 823 g/mol. The second kappa shape index (κ2) is 68.0. The van der Waals surface area contributed by atoms with Crippen molar-refractivity contribution in [1.29, 1.82) is 0 Å². The van der Waals surface area contributed by atoms with Gasteiger partial charge in [-0.1, -0.05) is 41.5 Å². The van der Waals surface area contributed by atoms with Crippen molar-refractivity contribution in [3.8, 4) is 0 Å².